The van der Waals surface area contributed by atoms with Gasteiger partial charge in [-0.05, 0) is 101 Å². The molecule has 8 nitrogen and oxygen atoms in total. The van der Waals surface area contributed by atoms with Gasteiger partial charge in [-0.3, -0.25) is 4.99 Å². The van der Waals surface area contributed by atoms with E-state index in [1.165, 1.54) is 37.8 Å². The zero-order valence-electron chi connectivity index (χ0n) is 29.6. The normalized spacial score (nSPS) is 15.6. The van der Waals surface area contributed by atoms with E-state index in [4.69, 9.17) is 9.73 Å². The van der Waals surface area contributed by atoms with E-state index in [2.05, 4.69) is 55.6 Å². The molecule has 1 aliphatic carbocycles. The fraction of sp³-hybridized carbons (Fsp3) is 0.706. The van der Waals surface area contributed by atoms with Crippen LogP contribution in [0.25, 0.3) is 5.57 Å². The summed E-state index contributed by atoms with van der Waals surface area (Å²) in [7, 11) is 0. The number of nitrogens with two attached hydrogens (primary N) is 1. The number of carbonyl (C=O) groups excluding carboxylic acids is 1. The van der Waals surface area contributed by atoms with Gasteiger partial charge in [0.25, 0.3) is 0 Å². The molecule has 2 rings (SSSR count). The molecule has 1 atom stereocenters. The summed E-state index contributed by atoms with van der Waals surface area (Å²) >= 11 is 0. The molecule has 0 aliphatic heterocycles. The molecule has 0 heterocycles. The van der Waals surface area contributed by atoms with Crippen LogP contribution in [0.4, 0.5) is 4.79 Å². The van der Waals surface area contributed by atoms with Gasteiger partial charge < -0.3 is 31.1 Å². The van der Waals surface area contributed by atoms with Crippen LogP contribution >= 0.6 is 0 Å². The molecule has 43 heavy (non-hydrogen) atoms. The van der Waals surface area contributed by atoms with Gasteiger partial charge in [0, 0.05) is 24.1 Å². The van der Waals surface area contributed by atoms with E-state index in [-0.39, 0.29) is 68.5 Å². The number of carbonyl (C=O) groups is 1. The molecule has 0 aromatic heterocycles. The van der Waals surface area contributed by atoms with Gasteiger partial charge in [0.2, 0.25) is 0 Å². The Morgan fingerprint density at radius 3 is 2.09 bits per heavy atom. The van der Waals surface area contributed by atoms with E-state index in [9.17, 15) is 9.90 Å². The molecule has 244 valence electrons. The van der Waals surface area contributed by atoms with Crippen LogP contribution in [0.2, 0.25) is 0 Å². The van der Waals surface area contributed by atoms with Gasteiger partial charge in [0.1, 0.15) is 0 Å². The van der Waals surface area contributed by atoms with Gasteiger partial charge in [-0.1, -0.05) is 72.1 Å². The number of benzene rings is 1. The molecule has 0 radical (unpaired) electrons. The van der Waals surface area contributed by atoms with Crippen LogP contribution in [-0.4, -0.2) is 35.5 Å². The largest absolute Gasteiger partial charge is 1.00 e. The standard InChI is InChI=1S/C28H45N2O2.C4H9NO2.C2H6.K.H2O/c1-20(2)18-32-19-23-14-15-25(26(16-23)28(8,31)30-27(5,6)7)21(3)17-29-22(4)24-12-10-9-11-13-24;1-3(2)7-4(5)6;1-2;;/h14-17,20,24,30H,9-13,18-19H2,1-8H3;3H,1-2H3,(H2,5,6);1-2H3;;1H2/q-1;;;+1;/b21-17+,29-22?;;;;. The molecule has 0 bridgehead atoms. The SMILES string of the molecule is CC.CC(=N/C=C(\C)c1ccc(COCC(C)C)cc1C(C)([O-])NC(C)(C)C)C1CCCCC1.CC(C)OC(N)=O.O.[K+]. The maximum atomic E-state index is 13.8. The number of ether oxygens (including phenoxy) is 2. The van der Waals surface area contributed by atoms with Crippen molar-refractivity contribution in [1.29, 1.82) is 0 Å². The summed E-state index contributed by atoms with van der Waals surface area (Å²) < 4.78 is 10.2. The van der Waals surface area contributed by atoms with Gasteiger partial charge >= 0.3 is 57.5 Å². The second kappa shape index (κ2) is 23.7. The molecule has 1 aromatic rings. The first-order valence-electron chi connectivity index (χ1n) is 15.4. The second-order valence-electron chi connectivity index (χ2n) is 12.6. The predicted octanol–water partition coefficient (Wildman–Crippen LogP) is 3.88. The summed E-state index contributed by atoms with van der Waals surface area (Å²) in [5, 5.41) is 17.0. The maximum absolute atomic E-state index is 13.8. The Labute approximate surface area is 305 Å². The Kier molecular flexibility index (Phi) is 25.8. The molecular weight excluding hydrogens is 569 g/mol. The summed E-state index contributed by atoms with van der Waals surface area (Å²) in [5.74, 6) is 1.08. The minimum atomic E-state index is -1.43. The van der Waals surface area contributed by atoms with Crippen LogP contribution in [0.5, 0.6) is 0 Å². The Hall–Kier alpha value is -0.624. The smallest absolute Gasteiger partial charge is 0.835 e. The number of allylic oxidation sites excluding steroid dienone is 1. The number of hydrogen-bond acceptors (Lipinski definition) is 6. The van der Waals surface area contributed by atoms with Crippen molar-refractivity contribution in [2.75, 3.05) is 6.61 Å². The first-order valence-corrected chi connectivity index (χ1v) is 15.4. The molecule has 0 saturated heterocycles. The minimum Gasteiger partial charge on any atom is -0.835 e. The quantitative estimate of drug-likeness (QED) is 0.229. The van der Waals surface area contributed by atoms with Gasteiger partial charge in [-0.2, -0.15) is 0 Å². The summed E-state index contributed by atoms with van der Waals surface area (Å²) in [6, 6.07) is 6.14. The van der Waals surface area contributed by atoms with Crippen molar-refractivity contribution >= 4 is 17.4 Å². The molecule has 1 saturated carbocycles. The average Bonchev–Trinajstić information content (AvgIpc) is 2.86. The molecule has 1 unspecified atom stereocenters. The monoisotopic (exact) mass is 631 g/mol. The third-order valence-corrected chi connectivity index (χ3v) is 6.37. The Balaban J connectivity index is -0.00000128. The molecule has 0 spiro atoms. The Morgan fingerprint density at radius 1 is 1.09 bits per heavy atom. The zero-order chi connectivity index (χ0) is 31.8. The van der Waals surface area contributed by atoms with Crippen LogP contribution in [0, 0.1) is 11.8 Å². The topological polar surface area (TPSA) is 140 Å². The van der Waals surface area contributed by atoms with Crippen LogP contribution < -0.4 is 67.5 Å². The van der Waals surface area contributed by atoms with Crippen molar-refractivity contribution in [3.63, 3.8) is 0 Å². The minimum absolute atomic E-state index is 0. The van der Waals surface area contributed by atoms with Crippen LogP contribution in [-0.2, 0) is 21.8 Å². The molecular formula is C34H62KN3O5. The van der Waals surface area contributed by atoms with Gasteiger partial charge in [-0.25, -0.2) is 4.79 Å². The van der Waals surface area contributed by atoms with Crippen molar-refractivity contribution in [3.8, 4) is 0 Å². The molecule has 9 heteroatoms. The zero-order valence-corrected chi connectivity index (χ0v) is 32.8. The van der Waals surface area contributed by atoms with Crippen molar-refractivity contribution in [3.05, 3.63) is 41.1 Å². The van der Waals surface area contributed by atoms with E-state index in [0.29, 0.717) is 25.0 Å². The number of rotatable bonds is 10. The summed E-state index contributed by atoms with van der Waals surface area (Å²) in [4.78, 5) is 14.6. The van der Waals surface area contributed by atoms with Gasteiger partial charge in [-0.15, -0.1) is 0 Å². The average molecular weight is 632 g/mol. The van der Waals surface area contributed by atoms with E-state index in [1.807, 2.05) is 46.9 Å². The van der Waals surface area contributed by atoms with Crippen molar-refractivity contribution < 1.29 is 76.2 Å². The fourth-order valence-corrected chi connectivity index (χ4v) is 4.74. The molecule has 1 fully saturated rings. The van der Waals surface area contributed by atoms with Crippen LogP contribution in [0.1, 0.15) is 132 Å². The number of nitrogens with one attached hydrogen (secondary N) is 1. The van der Waals surface area contributed by atoms with Crippen LogP contribution in [0.3, 0.4) is 0 Å². The number of hydrogen-bond donors (Lipinski definition) is 2. The molecule has 5 N–H and O–H groups in total. The van der Waals surface area contributed by atoms with E-state index >= 15 is 0 Å². The van der Waals surface area contributed by atoms with Crippen molar-refractivity contribution in [2.24, 2.45) is 22.6 Å². The molecule has 1 aromatic carbocycles. The first-order chi connectivity index (χ1) is 19.0. The third-order valence-electron chi connectivity index (χ3n) is 6.37. The number of primary amides is 1. The number of aliphatic imine (C=N–C) groups is 1. The summed E-state index contributed by atoms with van der Waals surface area (Å²) in [6.07, 6.45) is 7.57. The van der Waals surface area contributed by atoms with Crippen molar-refractivity contribution in [1.82, 2.24) is 5.32 Å². The maximum Gasteiger partial charge on any atom is 1.00 e. The summed E-state index contributed by atoms with van der Waals surface area (Å²) in [6.45, 7) is 25.0. The van der Waals surface area contributed by atoms with Crippen molar-refractivity contribution in [2.45, 2.75) is 139 Å². The number of nitrogens with zero attached hydrogens (tertiary/aromatic N) is 1. The van der Waals surface area contributed by atoms with E-state index in [1.54, 1.807) is 20.8 Å². The Bertz CT molecular complexity index is 963. The van der Waals surface area contributed by atoms with E-state index < -0.39 is 11.8 Å². The molecule has 1 amide bonds. The van der Waals surface area contributed by atoms with Crippen LogP contribution in [0.15, 0.2) is 29.4 Å². The molecule has 1 aliphatic rings. The third kappa shape index (κ3) is 20.9. The first kappa shape index (κ1) is 46.8. The predicted molar refractivity (Wildman–Crippen MR) is 175 cm³/mol. The van der Waals surface area contributed by atoms with Gasteiger partial charge in [0.15, 0.2) is 0 Å². The van der Waals surface area contributed by atoms with E-state index in [0.717, 1.165) is 22.3 Å². The summed E-state index contributed by atoms with van der Waals surface area (Å²) in [5.41, 5.74) is 7.85. The number of amides is 1. The fourth-order valence-electron chi connectivity index (χ4n) is 4.74. The second-order valence-corrected chi connectivity index (χ2v) is 12.6. The Morgan fingerprint density at radius 2 is 1.65 bits per heavy atom. The van der Waals surface area contributed by atoms with Gasteiger partial charge in [0.05, 0.1) is 12.7 Å².